The summed E-state index contributed by atoms with van der Waals surface area (Å²) < 4.78 is 23.3. The van der Waals surface area contributed by atoms with Crippen molar-refractivity contribution in [3.63, 3.8) is 0 Å². The molecular formula is C41H47N7O7S. The van der Waals surface area contributed by atoms with Crippen LogP contribution in [0.15, 0.2) is 57.8 Å². The molecule has 3 aromatic heterocycles. The Labute approximate surface area is 329 Å². The van der Waals surface area contributed by atoms with E-state index in [-0.39, 0.29) is 43.1 Å². The van der Waals surface area contributed by atoms with Gasteiger partial charge >= 0.3 is 0 Å². The molecule has 2 aliphatic heterocycles. The molecule has 56 heavy (non-hydrogen) atoms. The summed E-state index contributed by atoms with van der Waals surface area (Å²) in [6.45, 7) is 4.58. The number of rotatable bonds is 7. The van der Waals surface area contributed by atoms with Gasteiger partial charge in [0, 0.05) is 67.2 Å². The van der Waals surface area contributed by atoms with Crippen LogP contribution >= 0.6 is 11.3 Å². The van der Waals surface area contributed by atoms with Crippen LogP contribution in [0.4, 0.5) is 5.82 Å². The van der Waals surface area contributed by atoms with Crippen LogP contribution in [0.3, 0.4) is 0 Å². The van der Waals surface area contributed by atoms with E-state index in [4.69, 9.17) is 28.6 Å². The molecule has 2 aromatic carbocycles. The Bertz CT molecular complexity index is 2180. The van der Waals surface area contributed by atoms with E-state index in [1.54, 1.807) is 37.1 Å². The number of aromatic nitrogens is 3. The third-order valence-corrected chi connectivity index (χ3v) is 11.0. The molecule has 0 saturated carbocycles. The fourth-order valence-corrected chi connectivity index (χ4v) is 8.04. The molecule has 1 unspecified atom stereocenters. The predicted molar refractivity (Wildman–Crippen MR) is 212 cm³/mol. The second-order valence-corrected chi connectivity index (χ2v) is 14.8. The number of aryl methyl sites for hydroxylation is 1. The number of methoxy groups -OCH3 is 3. The van der Waals surface area contributed by atoms with Gasteiger partial charge in [-0.05, 0) is 56.7 Å². The molecule has 0 aliphatic carbocycles. The number of thiazole rings is 1. The highest BCUT2D eigenvalue weighted by molar-refractivity contribution is 7.07. The van der Waals surface area contributed by atoms with Gasteiger partial charge in [0.05, 0.1) is 51.0 Å². The van der Waals surface area contributed by atoms with Crippen molar-refractivity contribution in [2.75, 3.05) is 65.5 Å². The number of hydrogen-bond donors (Lipinski definition) is 1. The van der Waals surface area contributed by atoms with E-state index < -0.39 is 0 Å². The molecule has 1 saturated heterocycles. The van der Waals surface area contributed by atoms with Crippen LogP contribution in [-0.2, 0) is 22.6 Å². The molecule has 14 nitrogen and oxygen atoms in total. The summed E-state index contributed by atoms with van der Waals surface area (Å²) in [6.07, 6.45) is 2.97. The van der Waals surface area contributed by atoms with E-state index in [0.717, 1.165) is 41.7 Å². The van der Waals surface area contributed by atoms with Crippen molar-refractivity contribution in [1.82, 2.24) is 30.1 Å². The van der Waals surface area contributed by atoms with Crippen LogP contribution in [-0.4, -0.2) is 103 Å². The lowest BCUT2D eigenvalue weighted by Gasteiger charge is -2.36. The maximum absolute atomic E-state index is 14.5. The highest BCUT2D eigenvalue weighted by Crippen LogP contribution is 2.44. The minimum Gasteiger partial charge on any atom is -0.493 e. The lowest BCUT2D eigenvalue weighted by molar-refractivity contribution is -0.131. The van der Waals surface area contributed by atoms with Crippen LogP contribution in [0.5, 0.6) is 17.2 Å². The minimum absolute atomic E-state index is 0.0350. The first kappa shape index (κ1) is 38.6. The lowest BCUT2D eigenvalue weighted by Crippen LogP contribution is -2.46. The quantitative estimate of drug-likeness (QED) is 0.222. The first-order valence-electron chi connectivity index (χ1n) is 18.9. The van der Waals surface area contributed by atoms with Crippen molar-refractivity contribution in [3.8, 4) is 28.7 Å². The van der Waals surface area contributed by atoms with Crippen LogP contribution < -0.4 is 24.4 Å². The highest BCUT2D eigenvalue weighted by atomic mass is 32.1. The molecule has 15 heteroatoms. The summed E-state index contributed by atoms with van der Waals surface area (Å²) in [5.74, 6) is 2.74. The molecule has 5 heterocycles. The molecule has 3 amide bonds. The number of amides is 3. The Morgan fingerprint density at radius 3 is 2.46 bits per heavy atom. The lowest BCUT2D eigenvalue weighted by atomic mass is 9.97. The number of fused-ring (bicyclic) bond motifs is 5. The van der Waals surface area contributed by atoms with E-state index in [1.807, 2.05) is 54.3 Å². The molecule has 2 bridgehead atoms. The molecule has 2 aliphatic rings. The van der Waals surface area contributed by atoms with Gasteiger partial charge in [-0.1, -0.05) is 18.2 Å². The van der Waals surface area contributed by atoms with E-state index in [2.05, 4.69) is 15.2 Å². The first-order valence-corrected chi connectivity index (χ1v) is 19.8. The van der Waals surface area contributed by atoms with E-state index in [0.29, 0.717) is 84.8 Å². The average Bonchev–Trinajstić information content (AvgIpc) is 3.89. The third kappa shape index (κ3) is 8.42. The minimum atomic E-state index is -0.289. The zero-order chi connectivity index (χ0) is 39.2. The van der Waals surface area contributed by atoms with E-state index in [1.165, 1.54) is 11.3 Å². The normalized spacial score (nSPS) is 17.0. The van der Waals surface area contributed by atoms with Gasteiger partial charge in [0.2, 0.25) is 23.5 Å². The summed E-state index contributed by atoms with van der Waals surface area (Å²) in [7, 11) is 4.73. The summed E-state index contributed by atoms with van der Waals surface area (Å²) in [4.78, 5) is 61.1. The van der Waals surface area contributed by atoms with E-state index >= 15 is 0 Å². The van der Waals surface area contributed by atoms with Gasteiger partial charge in [-0.25, -0.2) is 15.0 Å². The van der Waals surface area contributed by atoms with Gasteiger partial charge in [0.15, 0.2) is 11.5 Å². The van der Waals surface area contributed by atoms with Crippen molar-refractivity contribution < 1.29 is 33.0 Å². The highest BCUT2D eigenvalue weighted by Gasteiger charge is 2.29. The summed E-state index contributed by atoms with van der Waals surface area (Å²) >= 11 is 1.34. The smallest absolute Gasteiger partial charge is 0.273 e. The summed E-state index contributed by atoms with van der Waals surface area (Å²) in [5.41, 5.74) is 4.84. The van der Waals surface area contributed by atoms with Gasteiger partial charge in [-0.2, -0.15) is 0 Å². The molecular weight excluding hydrogens is 735 g/mol. The fraction of sp³-hybridized carbons (Fsp3) is 0.415. The van der Waals surface area contributed by atoms with Crippen molar-refractivity contribution in [3.05, 3.63) is 76.1 Å². The average molecular weight is 782 g/mol. The van der Waals surface area contributed by atoms with Gasteiger partial charge in [-0.3, -0.25) is 14.4 Å². The zero-order valence-electron chi connectivity index (χ0n) is 32.2. The second-order valence-electron chi connectivity index (χ2n) is 14.1. The zero-order valence-corrected chi connectivity index (χ0v) is 33.0. The molecule has 1 fully saturated rings. The second kappa shape index (κ2) is 17.4. The molecule has 7 rings (SSSR count). The standard InChI is InChI=1S/C41H47N7O7S/c1-26-31(45-40(55-26)28-12-6-5-7-13-28)19-36(50)46-14-8-9-15-48(41(51)33-24-56-25-43-33)23-35(49)42-20-27-11-10-16-47(21-27)39-29(22-46)17-30-32(44-39)18-34(52-2)38(54-4)37(30)53-3/h5-7,12-13,17-18,24-25,27H,8-11,14-16,19-23H2,1-4H3,(H,42,49). The monoisotopic (exact) mass is 781 g/mol. The van der Waals surface area contributed by atoms with Crippen LogP contribution in [0.25, 0.3) is 22.4 Å². The Hall–Kier alpha value is -5.70. The van der Waals surface area contributed by atoms with Crippen LogP contribution in [0, 0.1) is 12.8 Å². The van der Waals surface area contributed by atoms with Gasteiger partial charge < -0.3 is 38.6 Å². The first-order chi connectivity index (χ1) is 27.3. The third-order valence-electron chi connectivity index (χ3n) is 10.4. The molecule has 1 atom stereocenters. The molecule has 0 spiro atoms. The molecule has 0 radical (unpaired) electrons. The molecule has 294 valence electrons. The summed E-state index contributed by atoms with van der Waals surface area (Å²) in [5, 5.41) is 5.52. The topological polar surface area (TPSA) is 152 Å². The van der Waals surface area contributed by atoms with Crippen molar-refractivity contribution in [1.29, 1.82) is 0 Å². The number of hydrogen-bond acceptors (Lipinski definition) is 12. The van der Waals surface area contributed by atoms with Gasteiger partial charge in [0.25, 0.3) is 5.91 Å². The van der Waals surface area contributed by atoms with Crippen molar-refractivity contribution in [2.45, 2.75) is 45.6 Å². The Kier molecular flexibility index (Phi) is 12.0. The summed E-state index contributed by atoms with van der Waals surface area (Å²) in [6, 6.07) is 13.5. The maximum Gasteiger partial charge on any atom is 0.273 e. The largest absolute Gasteiger partial charge is 0.493 e. The molecule has 1 N–H and O–H groups in total. The number of carbonyl (C=O) groups is 3. The van der Waals surface area contributed by atoms with Gasteiger partial charge in [0.1, 0.15) is 17.3 Å². The number of carbonyl (C=O) groups excluding carboxylic acids is 3. The number of oxazole rings is 1. The van der Waals surface area contributed by atoms with Crippen molar-refractivity contribution >= 4 is 45.8 Å². The van der Waals surface area contributed by atoms with Gasteiger partial charge in [-0.15, -0.1) is 11.3 Å². The Balaban J connectivity index is 1.27. The number of ether oxygens (including phenoxy) is 3. The van der Waals surface area contributed by atoms with E-state index in [9.17, 15) is 14.4 Å². The number of pyridine rings is 1. The van der Waals surface area contributed by atoms with Crippen LogP contribution in [0.2, 0.25) is 0 Å². The number of nitrogens with one attached hydrogen (secondary N) is 1. The number of anilines is 1. The Morgan fingerprint density at radius 1 is 0.946 bits per heavy atom. The number of piperidine rings is 1. The predicted octanol–water partition coefficient (Wildman–Crippen LogP) is 5.52. The maximum atomic E-state index is 14.5. The SMILES string of the molecule is COc1cc2nc3c(cc2c(OC)c1OC)CN(C(=O)Cc1nc(-c2ccccc2)oc1C)CCCCN(C(=O)c1cscn1)CC(=O)NCC1CCCN3C1. The molecule has 5 aromatic rings. The Morgan fingerprint density at radius 2 is 1.73 bits per heavy atom. The number of benzene rings is 2. The van der Waals surface area contributed by atoms with Crippen molar-refractivity contribution in [2.24, 2.45) is 5.92 Å². The fourth-order valence-electron chi connectivity index (χ4n) is 7.51. The number of nitrogens with zero attached hydrogens (tertiary/aromatic N) is 6. The van der Waals surface area contributed by atoms with Crippen LogP contribution in [0.1, 0.15) is 53.2 Å².